The van der Waals surface area contributed by atoms with E-state index in [-0.39, 0.29) is 23.8 Å². The number of carbonyl (C=O) groups excluding carboxylic acids is 1. The molecule has 7 nitrogen and oxygen atoms in total. The second kappa shape index (κ2) is 7.87. The molecule has 3 N–H and O–H groups in total. The lowest BCUT2D eigenvalue weighted by atomic mass is 10.2. The van der Waals surface area contributed by atoms with Gasteiger partial charge in [0.1, 0.15) is 0 Å². The third kappa shape index (κ3) is 5.58. The molecule has 1 saturated heterocycles. The van der Waals surface area contributed by atoms with E-state index in [1.807, 2.05) is 11.9 Å². The Morgan fingerprint density at radius 2 is 1.83 bits per heavy atom. The Morgan fingerprint density at radius 3 is 2.43 bits per heavy atom. The zero-order valence-corrected chi connectivity index (χ0v) is 14.4. The number of nitrogens with zero attached hydrogens (tertiary/aromatic N) is 1. The van der Waals surface area contributed by atoms with Crippen molar-refractivity contribution in [2.24, 2.45) is 0 Å². The lowest BCUT2D eigenvalue weighted by Crippen LogP contribution is -3.12. The molecule has 0 atom stereocenters. The number of hydrazine groups is 1. The number of rotatable bonds is 6. The molecular formula is C15H25N4O3S+. The number of nitrogens with one attached hydrogen (secondary N) is 3. The molecule has 0 saturated carbocycles. The largest absolute Gasteiger partial charge is 0.335 e. The van der Waals surface area contributed by atoms with Gasteiger partial charge < -0.3 is 4.90 Å². The van der Waals surface area contributed by atoms with Crippen molar-refractivity contribution < 1.29 is 18.1 Å². The Labute approximate surface area is 137 Å². The van der Waals surface area contributed by atoms with Crippen LogP contribution in [0.5, 0.6) is 0 Å². The van der Waals surface area contributed by atoms with Gasteiger partial charge in [-0.3, -0.25) is 10.2 Å². The molecule has 1 aromatic carbocycles. The summed E-state index contributed by atoms with van der Waals surface area (Å²) in [5.74, 6) is -0.170. The second-order valence-corrected chi connectivity index (χ2v) is 7.71. The molecule has 0 radical (unpaired) electrons. The molecular weight excluding hydrogens is 316 g/mol. The molecule has 0 spiro atoms. The maximum atomic E-state index is 12.1. The Bertz CT molecular complexity index is 623. The van der Waals surface area contributed by atoms with E-state index in [4.69, 9.17) is 0 Å². The average molecular weight is 341 g/mol. The second-order valence-electron chi connectivity index (χ2n) is 5.94. The van der Waals surface area contributed by atoms with Crippen LogP contribution in [0.1, 0.15) is 12.0 Å². The SMILES string of the molecule is Cc1ccc(S(=O)(=O)NCCC(=O)NN2CC[NH+](C)CC2)cc1. The van der Waals surface area contributed by atoms with Crippen molar-refractivity contribution in [3.05, 3.63) is 29.8 Å². The first-order valence-electron chi connectivity index (χ1n) is 7.79. The van der Waals surface area contributed by atoms with Crippen molar-refractivity contribution in [2.75, 3.05) is 39.8 Å². The summed E-state index contributed by atoms with van der Waals surface area (Å²) < 4.78 is 26.6. The van der Waals surface area contributed by atoms with Crippen LogP contribution in [0, 0.1) is 6.92 Å². The van der Waals surface area contributed by atoms with Gasteiger partial charge in [0.25, 0.3) is 0 Å². The molecule has 8 heteroatoms. The summed E-state index contributed by atoms with van der Waals surface area (Å²) in [4.78, 5) is 13.5. The first-order valence-corrected chi connectivity index (χ1v) is 9.27. The molecule has 1 aliphatic heterocycles. The summed E-state index contributed by atoms with van der Waals surface area (Å²) in [5, 5.41) is 1.89. The van der Waals surface area contributed by atoms with Crippen LogP contribution in [-0.4, -0.2) is 59.1 Å². The summed E-state index contributed by atoms with van der Waals surface area (Å²) >= 11 is 0. The fourth-order valence-electron chi connectivity index (χ4n) is 2.33. The normalized spacial score (nSPS) is 17.1. The number of sulfonamides is 1. The van der Waals surface area contributed by atoms with Gasteiger partial charge in [-0.15, -0.1) is 0 Å². The Morgan fingerprint density at radius 1 is 1.22 bits per heavy atom. The number of hydrogen-bond donors (Lipinski definition) is 3. The van der Waals surface area contributed by atoms with E-state index in [9.17, 15) is 13.2 Å². The van der Waals surface area contributed by atoms with Crippen LogP contribution in [0.15, 0.2) is 29.2 Å². The summed E-state index contributed by atoms with van der Waals surface area (Å²) in [6, 6.07) is 6.61. The average Bonchev–Trinajstić information content (AvgIpc) is 2.50. The standard InChI is InChI=1S/C15H24N4O3S/c1-13-3-5-14(6-4-13)23(21,22)16-8-7-15(20)17-19-11-9-18(2)10-12-19/h3-6,16H,7-12H2,1-2H3,(H,17,20)/p+1. The Hall–Kier alpha value is -1.48. The fraction of sp³-hybridized carbons (Fsp3) is 0.533. The lowest BCUT2D eigenvalue weighted by Gasteiger charge is -2.30. The molecule has 2 rings (SSSR count). The number of aryl methyl sites for hydroxylation is 1. The van der Waals surface area contributed by atoms with E-state index in [2.05, 4.69) is 17.2 Å². The predicted octanol–water partition coefficient (Wildman–Crippen LogP) is -1.48. The van der Waals surface area contributed by atoms with Gasteiger partial charge in [0.2, 0.25) is 15.9 Å². The first-order chi connectivity index (χ1) is 10.9. The summed E-state index contributed by atoms with van der Waals surface area (Å²) in [6.07, 6.45) is 0.115. The minimum atomic E-state index is -3.56. The van der Waals surface area contributed by atoms with Gasteiger partial charge in [0.05, 0.1) is 38.1 Å². The number of quaternary nitrogens is 1. The van der Waals surface area contributed by atoms with Crippen molar-refractivity contribution in [3.8, 4) is 0 Å². The maximum absolute atomic E-state index is 12.1. The summed E-state index contributed by atoms with van der Waals surface area (Å²) in [6.45, 7) is 5.58. The monoisotopic (exact) mass is 341 g/mol. The molecule has 1 amide bonds. The number of likely N-dealkylation sites (N-methyl/N-ethyl adjacent to an activating group) is 1. The predicted molar refractivity (Wildman–Crippen MR) is 87.3 cm³/mol. The van der Waals surface area contributed by atoms with Gasteiger partial charge in [0.15, 0.2) is 0 Å². The van der Waals surface area contributed by atoms with E-state index >= 15 is 0 Å². The van der Waals surface area contributed by atoms with E-state index in [1.165, 1.54) is 4.90 Å². The van der Waals surface area contributed by atoms with Gasteiger partial charge in [0, 0.05) is 13.0 Å². The molecule has 1 aromatic rings. The van der Waals surface area contributed by atoms with Gasteiger partial charge in [-0.05, 0) is 19.1 Å². The number of amides is 1. The van der Waals surface area contributed by atoms with Gasteiger partial charge in [-0.1, -0.05) is 17.7 Å². The first kappa shape index (κ1) is 17.9. The fourth-order valence-corrected chi connectivity index (χ4v) is 3.36. The summed E-state index contributed by atoms with van der Waals surface area (Å²) in [5.41, 5.74) is 3.82. The zero-order chi connectivity index (χ0) is 16.9. The number of benzene rings is 1. The van der Waals surface area contributed by atoms with Crippen LogP contribution in [-0.2, 0) is 14.8 Å². The highest BCUT2D eigenvalue weighted by Gasteiger charge is 2.19. The molecule has 0 unspecified atom stereocenters. The third-order valence-corrected chi connectivity index (χ3v) is 5.35. The molecule has 0 bridgehead atoms. The highest BCUT2D eigenvalue weighted by Crippen LogP contribution is 2.09. The van der Waals surface area contributed by atoms with Crippen molar-refractivity contribution >= 4 is 15.9 Å². The van der Waals surface area contributed by atoms with Crippen LogP contribution >= 0.6 is 0 Å². The van der Waals surface area contributed by atoms with Gasteiger partial charge >= 0.3 is 0 Å². The topological polar surface area (TPSA) is 82.9 Å². The van der Waals surface area contributed by atoms with E-state index in [0.717, 1.165) is 31.7 Å². The Balaban J connectivity index is 1.75. The minimum absolute atomic E-state index is 0.0844. The molecule has 0 aliphatic carbocycles. The minimum Gasteiger partial charge on any atom is -0.335 e. The molecule has 1 heterocycles. The van der Waals surface area contributed by atoms with Gasteiger partial charge in [-0.2, -0.15) is 0 Å². The molecule has 128 valence electrons. The molecule has 1 fully saturated rings. The number of piperazine rings is 1. The Kier molecular flexibility index (Phi) is 6.11. The molecule has 0 aromatic heterocycles. The number of carbonyl (C=O) groups is 1. The molecule has 1 aliphatic rings. The highest BCUT2D eigenvalue weighted by atomic mass is 32.2. The van der Waals surface area contributed by atoms with Crippen molar-refractivity contribution in [3.63, 3.8) is 0 Å². The quantitative estimate of drug-likeness (QED) is 0.590. The maximum Gasteiger partial charge on any atom is 0.240 e. The van der Waals surface area contributed by atoms with E-state index in [1.54, 1.807) is 24.3 Å². The van der Waals surface area contributed by atoms with E-state index < -0.39 is 10.0 Å². The van der Waals surface area contributed by atoms with Crippen LogP contribution in [0.2, 0.25) is 0 Å². The van der Waals surface area contributed by atoms with Crippen LogP contribution in [0.25, 0.3) is 0 Å². The van der Waals surface area contributed by atoms with Crippen LogP contribution in [0.4, 0.5) is 0 Å². The molecule has 23 heavy (non-hydrogen) atoms. The van der Waals surface area contributed by atoms with E-state index in [0.29, 0.717) is 0 Å². The lowest BCUT2D eigenvalue weighted by molar-refractivity contribution is -0.884. The highest BCUT2D eigenvalue weighted by molar-refractivity contribution is 7.89. The summed E-state index contributed by atoms with van der Waals surface area (Å²) in [7, 11) is -1.44. The van der Waals surface area contributed by atoms with Crippen LogP contribution in [0.3, 0.4) is 0 Å². The van der Waals surface area contributed by atoms with Gasteiger partial charge in [-0.25, -0.2) is 18.1 Å². The van der Waals surface area contributed by atoms with Crippen LogP contribution < -0.4 is 15.0 Å². The van der Waals surface area contributed by atoms with Crippen molar-refractivity contribution in [1.82, 2.24) is 15.2 Å². The van der Waals surface area contributed by atoms with Crippen molar-refractivity contribution in [2.45, 2.75) is 18.2 Å². The van der Waals surface area contributed by atoms with Crippen molar-refractivity contribution in [1.29, 1.82) is 0 Å². The third-order valence-electron chi connectivity index (χ3n) is 3.88. The number of hydrogen-bond acceptors (Lipinski definition) is 4. The smallest absolute Gasteiger partial charge is 0.240 e. The zero-order valence-electron chi connectivity index (χ0n) is 13.6.